The fourth-order valence-electron chi connectivity index (χ4n) is 5.09. The minimum Gasteiger partial charge on any atom is -0.387 e. The molecule has 0 aromatic rings. The fourth-order valence-corrected chi connectivity index (χ4v) is 5.09. The standard InChI is InChI=1S/C18H28O6/c19-13-14(12-11-20-17(22-12)7-3-1-4-8-17)21-16-15(13)23-18(24-16)9-5-2-6-10-18/h12-16,19H,1-11H2/t12-,13+,14-,15-,16?/m1/s1. The van der Waals surface area contributed by atoms with Crippen LogP contribution < -0.4 is 0 Å². The highest BCUT2D eigenvalue weighted by Crippen LogP contribution is 2.47. The molecule has 136 valence electrons. The predicted octanol–water partition coefficient (Wildman–Crippen LogP) is 2.22. The van der Waals surface area contributed by atoms with Crippen molar-refractivity contribution < 1.29 is 28.8 Å². The van der Waals surface area contributed by atoms with E-state index < -0.39 is 36.2 Å². The molecule has 3 saturated heterocycles. The van der Waals surface area contributed by atoms with Crippen LogP contribution in [0.2, 0.25) is 0 Å². The highest BCUT2D eigenvalue weighted by molar-refractivity contribution is 5.00. The first-order chi connectivity index (χ1) is 11.7. The second kappa shape index (κ2) is 5.89. The van der Waals surface area contributed by atoms with Crippen LogP contribution in [-0.4, -0.2) is 54.0 Å². The summed E-state index contributed by atoms with van der Waals surface area (Å²) in [7, 11) is 0. The lowest BCUT2D eigenvalue weighted by atomic mass is 9.94. The monoisotopic (exact) mass is 340 g/mol. The summed E-state index contributed by atoms with van der Waals surface area (Å²) in [5, 5.41) is 10.8. The summed E-state index contributed by atoms with van der Waals surface area (Å²) in [6, 6.07) is 0. The number of rotatable bonds is 1. The van der Waals surface area contributed by atoms with Crippen molar-refractivity contribution in [2.75, 3.05) is 6.61 Å². The molecule has 5 atom stereocenters. The second-order valence-electron chi connectivity index (χ2n) is 8.07. The molecule has 6 heteroatoms. The molecule has 0 amide bonds. The molecule has 0 bridgehead atoms. The first kappa shape index (κ1) is 16.0. The summed E-state index contributed by atoms with van der Waals surface area (Å²) in [4.78, 5) is 0. The summed E-state index contributed by atoms with van der Waals surface area (Å²) in [6.07, 6.45) is 8.38. The normalized spacial score (nSPS) is 46.6. The Labute approximate surface area is 142 Å². The van der Waals surface area contributed by atoms with Crippen LogP contribution in [0, 0.1) is 0 Å². The van der Waals surface area contributed by atoms with E-state index in [2.05, 4.69) is 0 Å². The zero-order valence-corrected chi connectivity index (χ0v) is 14.2. The van der Waals surface area contributed by atoms with Gasteiger partial charge < -0.3 is 28.8 Å². The van der Waals surface area contributed by atoms with E-state index in [-0.39, 0.29) is 6.10 Å². The van der Waals surface area contributed by atoms with Gasteiger partial charge in [0.15, 0.2) is 17.9 Å². The predicted molar refractivity (Wildman–Crippen MR) is 83.1 cm³/mol. The van der Waals surface area contributed by atoms with E-state index in [0.29, 0.717) is 6.61 Å². The Morgan fingerprint density at radius 3 is 2.04 bits per heavy atom. The van der Waals surface area contributed by atoms with Crippen LogP contribution in [0.15, 0.2) is 0 Å². The van der Waals surface area contributed by atoms with Crippen LogP contribution in [0.1, 0.15) is 64.2 Å². The van der Waals surface area contributed by atoms with Gasteiger partial charge in [0, 0.05) is 25.7 Å². The van der Waals surface area contributed by atoms with Crippen molar-refractivity contribution in [2.45, 2.75) is 106 Å². The fraction of sp³-hybridized carbons (Fsp3) is 1.00. The van der Waals surface area contributed by atoms with E-state index >= 15 is 0 Å². The van der Waals surface area contributed by atoms with E-state index in [4.69, 9.17) is 23.7 Å². The third-order valence-electron chi connectivity index (χ3n) is 6.39. The Morgan fingerprint density at radius 1 is 0.708 bits per heavy atom. The first-order valence-corrected chi connectivity index (χ1v) is 9.70. The summed E-state index contributed by atoms with van der Waals surface area (Å²) in [6.45, 7) is 0.478. The Hall–Kier alpha value is -0.240. The maximum atomic E-state index is 10.8. The molecule has 3 aliphatic heterocycles. The van der Waals surface area contributed by atoms with Crippen LogP contribution in [0.3, 0.4) is 0 Å². The molecular formula is C18H28O6. The van der Waals surface area contributed by atoms with E-state index in [1.54, 1.807) is 0 Å². The highest BCUT2D eigenvalue weighted by Gasteiger charge is 2.60. The van der Waals surface area contributed by atoms with Gasteiger partial charge in [0.25, 0.3) is 0 Å². The van der Waals surface area contributed by atoms with Crippen LogP contribution in [0.5, 0.6) is 0 Å². The Bertz CT molecular complexity index is 470. The van der Waals surface area contributed by atoms with Crippen LogP contribution in [-0.2, 0) is 23.7 Å². The van der Waals surface area contributed by atoms with E-state index in [1.807, 2.05) is 0 Å². The SMILES string of the molecule is O[C@H]1[C@@H]([C@H]2COC3(CCCCC3)O2)OC2OC3(CCCCC3)O[C@@H]21. The van der Waals surface area contributed by atoms with Gasteiger partial charge in [0.05, 0.1) is 6.61 Å². The molecule has 2 spiro atoms. The summed E-state index contributed by atoms with van der Waals surface area (Å²) >= 11 is 0. The lowest BCUT2D eigenvalue weighted by Crippen LogP contribution is -2.44. The molecule has 2 saturated carbocycles. The number of ether oxygens (including phenoxy) is 5. The number of hydrogen-bond acceptors (Lipinski definition) is 6. The summed E-state index contributed by atoms with van der Waals surface area (Å²) < 4.78 is 30.5. The van der Waals surface area contributed by atoms with E-state index in [0.717, 1.165) is 51.4 Å². The van der Waals surface area contributed by atoms with Crippen molar-refractivity contribution in [3.8, 4) is 0 Å². The molecule has 6 nitrogen and oxygen atoms in total. The maximum Gasteiger partial charge on any atom is 0.190 e. The van der Waals surface area contributed by atoms with Crippen molar-refractivity contribution in [3.63, 3.8) is 0 Å². The van der Waals surface area contributed by atoms with Crippen LogP contribution >= 0.6 is 0 Å². The van der Waals surface area contributed by atoms with Crippen molar-refractivity contribution in [1.29, 1.82) is 0 Å². The average molecular weight is 340 g/mol. The Morgan fingerprint density at radius 2 is 1.38 bits per heavy atom. The molecule has 0 aromatic heterocycles. The molecule has 1 unspecified atom stereocenters. The summed E-state index contributed by atoms with van der Waals surface area (Å²) in [5.41, 5.74) is 0. The average Bonchev–Trinajstić information content (AvgIpc) is 3.23. The topological polar surface area (TPSA) is 66.4 Å². The van der Waals surface area contributed by atoms with Gasteiger partial charge >= 0.3 is 0 Å². The van der Waals surface area contributed by atoms with Crippen molar-refractivity contribution >= 4 is 0 Å². The van der Waals surface area contributed by atoms with Crippen LogP contribution in [0.25, 0.3) is 0 Å². The molecule has 5 fully saturated rings. The van der Waals surface area contributed by atoms with Crippen molar-refractivity contribution in [3.05, 3.63) is 0 Å². The third kappa shape index (κ3) is 2.54. The molecule has 0 aromatic carbocycles. The summed E-state index contributed by atoms with van der Waals surface area (Å²) in [5.74, 6) is -0.979. The lowest BCUT2D eigenvalue weighted by molar-refractivity contribution is -0.259. The van der Waals surface area contributed by atoms with E-state index in [1.165, 1.54) is 12.8 Å². The van der Waals surface area contributed by atoms with Crippen LogP contribution in [0.4, 0.5) is 0 Å². The highest BCUT2D eigenvalue weighted by atomic mass is 16.8. The third-order valence-corrected chi connectivity index (χ3v) is 6.39. The Balaban J connectivity index is 1.24. The number of aliphatic hydroxyl groups excluding tert-OH is 1. The minimum atomic E-state index is -0.719. The van der Waals surface area contributed by atoms with Gasteiger partial charge in [-0.2, -0.15) is 0 Å². The maximum absolute atomic E-state index is 10.8. The smallest absolute Gasteiger partial charge is 0.190 e. The van der Waals surface area contributed by atoms with Gasteiger partial charge in [-0.1, -0.05) is 12.8 Å². The van der Waals surface area contributed by atoms with Gasteiger partial charge in [-0.05, 0) is 25.7 Å². The van der Waals surface area contributed by atoms with E-state index in [9.17, 15) is 5.11 Å². The van der Waals surface area contributed by atoms with Gasteiger partial charge in [-0.15, -0.1) is 0 Å². The number of fused-ring (bicyclic) bond motifs is 1. The molecular weight excluding hydrogens is 312 g/mol. The molecule has 5 rings (SSSR count). The number of hydrogen-bond donors (Lipinski definition) is 1. The molecule has 5 aliphatic rings. The van der Waals surface area contributed by atoms with Crippen molar-refractivity contribution in [1.82, 2.24) is 0 Å². The zero-order valence-electron chi connectivity index (χ0n) is 14.2. The first-order valence-electron chi connectivity index (χ1n) is 9.70. The van der Waals surface area contributed by atoms with Gasteiger partial charge in [0.2, 0.25) is 0 Å². The van der Waals surface area contributed by atoms with Gasteiger partial charge in [0.1, 0.15) is 24.4 Å². The molecule has 24 heavy (non-hydrogen) atoms. The molecule has 3 heterocycles. The Kier molecular flexibility index (Phi) is 3.92. The molecule has 0 radical (unpaired) electrons. The lowest BCUT2D eigenvalue weighted by Gasteiger charge is -2.34. The number of aliphatic hydroxyl groups is 1. The molecule has 1 N–H and O–H groups in total. The second-order valence-corrected chi connectivity index (χ2v) is 8.07. The van der Waals surface area contributed by atoms with Gasteiger partial charge in [-0.3, -0.25) is 0 Å². The quantitative estimate of drug-likeness (QED) is 0.789. The minimum absolute atomic E-state index is 0.238. The largest absolute Gasteiger partial charge is 0.387 e. The molecule has 2 aliphatic carbocycles. The zero-order chi connectivity index (χ0) is 16.2. The van der Waals surface area contributed by atoms with Gasteiger partial charge in [-0.25, -0.2) is 0 Å². The van der Waals surface area contributed by atoms with Crippen molar-refractivity contribution in [2.24, 2.45) is 0 Å².